The van der Waals surface area contributed by atoms with Crippen molar-refractivity contribution in [3.05, 3.63) is 40.3 Å². The Bertz CT molecular complexity index is 1060. The van der Waals surface area contributed by atoms with Crippen molar-refractivity contribution in [2.45, 2.75) is 45.1 Å². The Labute approximate surface area is 192 Å². The zero-order valence-corrected chi connectivity index (χ0v) is 19.4. The van der Waals surface area contributed by atoms with E-state index in [9.17, 15) is 4.79 Å². The van der Waals surface area contributed by atoms with E-state index in [1.807, 2.05) is 6.08 Å². The van der Waals surface area contributed by atoms with Crippen molar-refractivity contribution in [1.82, 2.24) is 9.88 Å². The second-order valence-electron chi connectivity index (χ2n) is 8.57. The van der Waals surface area contributed by atoms with Crippen molar-refractivity contribution < 1.29 is 9.53 Å². The summed E-state index contributed by atoms with van der Waals surface area (Å²) in [7, 11) is 0. The summed E-state index contributed by atoms with van der Waals surface area (Å²) in [5, 5.41) is 1.10. The Balaban J connectivity index is 1.51. The maximum Gasteiger partial charge on any atom is 0.266 e. The molecule has 3 aliphatic heterocycles. The van der Waals surface area contributed by atoms with Gasteiger partial charge >= 0.3 is 0 Å². The molecule has 162 valence electrons. The van der Waals surface area contributed by atoms with E-state index in [1.54, 1.807) is 4.90 Å². The summed E-state index contributed by atoms with van der Waals surface area (Å²) >= 11 is 6.93. The zero-order chi connectivity index (χ0) is 21.4. The number of hydrogen-bond donors (Lipinski definition) is 0. The molecule has 1 aromatic heterocycles. The molecular formula is C24H27N3O2S2. The lowest BCUT2D eigenvalue weighted by atomic mass is 10.1. The molecule has 1 atom stereocenters. The van der Waals surface area contributed by atoms with Crippen molar-refractivity contribution in [1.29, 1.82) is 0 Å². The topological polar surface area (TPSA) is 45.7 Å². The molecule has 5 nitrogen and oxygen atoms in total. The highest BCUT2D eigenvalue weighted by molar-refractivity contribution is 8.26. The molecule has 31 heavy (non-hydrogen) atoms. The maximum atomic E-state index is 13.2. The van der Waals surface area contributed by atoms with Crippen LogP contribution in [0.3, 0.4) is 0 Å². The SMILES string of the molecule is Cc1ccc2nc(N3CCCCC3)c(/C=C3\SC(=S)N(CC4CCCO4)C3=O)cc2c1. The molecule has 4 heterocycles. The van der Waals surface area contributed by atoms with Crippen LogP contribution in [0.15, 0.2) is 29.2 Å². The Hall–Kier alpha value is -1.96. The van der Waals surface area contributed by atoms with Gasteiger partial charge < -0.3 is 9.64 Å². The van der Waals surface area contributed by atoms with Crippen LogP contribution in [-0.4, -0.2) is 52.5 Å². The summed E-state index contributed by atoms with van der Waals surface area (Å²) in [6.07, 6.45) is 7.75. The number of ether oxygens (including phenoxy) is 1. The molecule has 1 aromatic carbocycles. The van der Waals surface area contributed by atoms with E-state index in [1.165, 1.54) is 36.6 Å². The predicted octanol–water partition coefficient (Wildman–Crippen LogP) is 4.91. The molecule has 2 aromatic rings. The number of rotatable bonds is 4. The predicted molar refractivity (Wildman–Crippen MR) is 131 cm³/mol. The monoisotopic (exact) mass is 453 g/mol. The standard InChI is InChI=1S/C24H27N3O2S2/c1-16-7-8-20-17(12-16)13-18(22(25-20)26-9-3-2-4-10-26)14-21-23(28)27(24(30)31-21)15-19-6-5-11-29-19/h7-8,12-14,19H,2-6,9-11,15H2,1H3/b21-14-. The highest BCUT2D eigenvalue weighted by Gasteiger charge is 2.35. The first kappa shape index (κ1) is 20.9. The van der Waals surface area contributed by atoms with Crippen molar-refractivity contribution >= 4 is 57.0 Å². The molecule has 7 heteroatoms. The van der Waals surface area contributed by atoms with Crippen LogP contribution in [-0.2, 0) is 9.53 Å². The Morgan fingerprint density at radius 2 is 2.06 bits per heavy atom. The van der Waals surface area contributed by atoms with Gasteiger partial charge in [0, 0.05) is 30.6 Å². The minimum absolute atomic E-state index is 0.0144. The van der Waals surface area contributed by atoms with Crippen LogP contribution in [0.25, 0.3) is 17.0 Å². The average Bonchev–Trinajstić information content (AvgIpc) is 3.38. The normalized spacial score (nSPS) is 23.5. The Kier molecular flexibility index (Phi) is 5.99. The molecule has 0 aliphatic carbocycles. The minimum atomic E-state index is -0.0144. The van der Waals surface area contributed by atoms with Gasteiger partial charge in [0.05, 0.1) is 23.1 Å². The van der Waals surface area contributed by atoms with Crippen molar-refractivity contribution in [3.63, 3.8) is 0 Å². The van der Waals surface area contributed by atoms with E-state index in [4.69, 9.17) is 21.9 Å². The summed E-state index contributed by atoms with van der Waals surface area (Å²) in [6, 6.07) is 8.52. The summed E-state index contributed by atoms with van der Waals surface area (Å²) in [4.78, 5) is 22.9. The first-order valence-corrected chi connectivity index (χ1v) is 12.3. The number of thioether (sulfide) groups is 1. The van der Waals surface area contributed by atoms with Crippen LogP contribution in [0, 0.1) is 6.92 Å². The Morgan fingerprint density at radius 3 is 2.84 bits per heavy atom. The van der Waals surface area contributed by atoms with Gasteiger partial charge in [-0.05, 0) is 63.3 Å². The number of thiocarbonyl (C=S) groups is 1. The van der Waals surface area contributed by atoms with Crippen molar-refractivity contribution in [2.75, 3.05) is 31.1 Å². The molecule has 0 spiro atoms. The van der Waals surface area contributed by atoms with Gasteiger partial charge in [-0.2, -0.15) is 0 Å². The number of nitrogens with zero attached hydrogens (tertiary/aromatic N) is 3. The molecule has 1 amide bonds. The Morgan fingerprint density at radius 1 is 1.23 bits per heavy atom. The summed E-state index contributed by atoms with van der Waals surface area (Å²) < 4.78 is 6.35. The number of hydrogen-bond acceptors (Lipinski definition) is 6. The number of piperidine rings is 1. The molecule has 5 rings (SSSR count). The molecular weight excluding hydrogens is 426 g/mol. The lowest BCUT2D eigenvalue weighted by molar-refractivity contribution is -0.123. The van der Waals surface area contributed by atoms with Crippen LogP contribution in [0.5, 0.6) is 0 Å². The van der Waals surface area contributed by atoms with Gasteiger partial charge in [-0.3, -0.25) is 9.69 Å². The summed E-state index contributed by atoms with van der Waals surface area (Å²) in [5.74, 6) is 0.958. The molecule has 3 saturated heterocycles. The number of aromatic nitrogens is 1. The molecule has 3 fully saturated rings. The minimum Gasteiger partial charge on any atom is -0.376 e. The highest BCUT2D eigenvalue weighted by Crippen LogP contribution is 2.36. The van der Waals surface area contributed by atoms with Gasteiger partial charge in [0.15, 0.2) is 0 Å². The molecule has 0 radical (unpaired) electrons. The van der Waals surface area contributed by atoms with Gasteiger partial charge in [-0.25, -0.2) is 4.98 Å². The quantitative estimate of drug-likeness (QED) is 0.484. The first-order chi connectivity index (χ1) is 15.1. The third-order valence-electron chi connectivity index (χ3n) is 6.20. The van der Waals surface area contributed by atoms with Crippen molar-refractivity contribution in [2.24, 2.45) is 0 Å². The third kappa shape index (κ3) is 4.36. The molecule has 3 aliphatic rings. The number of benzene rings is 1. The smallest absolute Gasteiger partial charge is 0.266 e. The number of carbonyl (C=O) groups excluding carboxylic acids is 1. The van der Waals surface area contributed by atoms with Gasteiger partial charge in [0.1, 0.15) is 10.1 Å². The van der Waals surface area contributed by atoms with Crippen LogP contribution < -0.4 is 4.90 Å². The lowest BCUT2D eigenvalue weighted by Crippen LogP contribution is -2.35. The first-order valence-electron chi connectivity index (χ1n) is 11.1. The van der Waals surface area contributed by atoms with Crippen LogP contribution in [0.2, 0.25) is 0 Å². The van der Waals surface area contributed by atoms with E-state index in [2.05, 4.69) is 36.1 Å². The van der Waals surface area contributed by atoms with Gasteiger partial charge in [-0.15, -0.1) is 0 Å². The second kappa shape index (κ2) is 8.88. The molecule has 0 saturated carbocycles. The lowest BCUT2D eigenvalue weighted by Gasteiger charge is -2.29. The second-order valence-corrected chi connectivity index (χ2v) is 10.2. The summed E-state index contributed by atoms with van der Waals surface area (Å²) in [5.41, 5.74) is 3.20. The van der Waals surface area contributed by atoms with E-state index < -0.39 is 0 Å². The number of fused-ring (bicyclic) bond motifs is 1. The van der Waals surface area contributed by atoms with Crippen molar-refractivity contribution in [3.8, 4) is 0 Å². The van der Waals surface area contributed by atoms with E-state index in [-0.39, 0.29) is 12.0 Å². The van der Waals surface area contributed by atoms with Crippen LogP contribution in [0.1, 0.15) is 43.2 Å². The van der Waals surface area contributed by atoms with Crippen LogP contribution in [0.4, 0.5) is 5.82 Å². The van der Waals surface area contributed by atoms with Gasteiger partial charge in [0.25, 0.3) is 5.91 Å². The number of aryl methyl sites for hydroxylation is 1. The number of carbonyl (C=O) groups is 1. The van der Waals surface area contributed by atoms with E-state index in [0.29, 0.717) is 15.8 Å². The maximum absolute atomic E-state index is 13.2. The zero-order valence-electron chi connectivity index (χ0n) is 17.8. The number of pyridine rings is 1. The van der Waals surface area contributed by atoms with Crippen LogP contribution >= 0.6 is 24.0 Å². The molecule has 0 bridgehead atoms. The molecule has 0 N–H and O–H groups in total. The van der Waals surface area contributed by atoms with E-state index in [0.717, 1.165) is 54.8 Å². The number of amides is 1. The van der Waals surface area contributed by atoms with E-state index >= 15 is 0 Å². The number of anilines is 1. The fourth-order valence-electron chi connectivity index (χ4n) is 4.56. The fraction of sp³-hybridized carbons (Fsp3) is 0.458. The fourth-order valence-corrected chi connectivity index (χ4v) is 5.82. The van der Waals surface area contributed by atoms with Gasteiger partial charge in [0.2, 0.25) is 0 Å². The third-order valence-corrected chi connectivity index (χ3v) is 7.58. The largest absolute Gasteiger partial charge is 0.376 e. The van der Waals surface area contributed by atoms with Gasteiger partial charge in [-0.1, -0.05) is 35.6 Å². The highest BCUT2D eigenvalue weighted by atomic mass is 32.2. The molecule has 1 unspecified atom stereocenters. The summed E-state index contributed by atoms with van der Waals surface area (Å²) in [6.45, 7) is 5.43. The average molecular weight is 454 g/mol.